The van der Waals surface area contributed by atoms with E-state index < -0.39 is 17.8 Å². The summed E-state index contributed by atoms with van der Waals surface area (Å²) in [5.74, 6) is 0. The predicted octanol–water partition coefficient (Wildman–Crippen LogP) is 4.97. The van der Waals surface area contributed by atoms with Crippen molar-refractivity contribution in [3.8, 4) is 0 Å². The molecule has 0 spiro atoms. The Balaban J connectivity index is 2.18. The van der Waals surface area contributed by atoms with Crippen LogP contribution in [-0.2, 0) is 6.18 Å². The first-order valence-electron chi connectivity index (χ1n) is 6.59. The Morgan fingerprint density at radius 2 is 1.59 bits per heavy atom. The summed E-state index contributed by atoms with van der Waals surface area (Å²) >= 11 is 0. The van der Waals surface area contributed by atoms with Crippen LogP contribution in [0.3, 0.4) is 0 Å². The zero-order valence-electron chi connectivity index (χ0n) is 12.1. The number of carbonyl (C=O) groups is 1. The third-order valence-electron chi connectivity index (χ3n) is 3.12. The Morgan fingerprint density at radius 3 is 2.27 bits per heavy atom. The second kappa shape index (κ2) is 6.09. The third kappa shape index (κ3) is 3.78. The number of amides is 2. The molecule has 0 atom stereocenters. The Morgan fingerprint density at radius 1 is 0.955 bits per heavy atom. The fraction of sp³-hybridized carbons (Fsp3) is 0.188. The van der Waals surface area contributed by atoms with Gasteiger partial charge in [-0.25, -0.2) is 4.79 Å². The highest BCUT2D eigenvalue weighted by Crippen LogP contribution is 2.34. The minimum atomic E-state index is -4.52. The van der Waals surface area contributed by atoms with Crippen molar-refractivity contribution in [1.82, 2.24) is 0 Å². The van der Waals surface area contributed by atoms with Crippen LogP contribution in [0.25, 0.3) is 0 Å². The number of para-hydroxylation sites is 1. The minimum absolute atomic E-state index is 0.280. The molecule has 0 radical (unpaired) electrons. The quantitative estimate of drug-likeness (QED) is 0.808. The van der Waals surface area contributed by atoms with E-state index in [1.165, 1.54) is 18.2 Å². The molecule has 0 aliphatic heterocycles. The molecule has 0 saturated heterocycles. The van der Waals surface area contributed by atoms with E-state index in [0.29, 0.717) is 5.69 Å². The van der Waals surface area contributed by atoms with Gasteiger partial charge in [-0.2, -0.15) is 13.2 Å². The Kier molecular flexibility index (Phi) is 4.40. The number of alkyl halides is 3. The lowest BCUT2D eigenvalue weighted by Gasteiger charge is -2.15. The van der Waals surface area contributed by atoms with Crippen LogP contribution in [0.2, 0.25) is 0 Å². The second-order valence-corrected chi connectivity index (χ2v) is 4.94. The average molecular weight is 308 g/mol. The lowest BCUT2D eigenvalue weighted by molar-refractivity contribution is -0.136. The van der Waals surface area contributed by atoms with Crippen LogP contribution in [-0.4, -0.2) is 6.03 Å². The van der Waals surface area contributed by atoms with Crippen LogP contribution in [0.15, 0.2) is 42.5 Å². The van der Waals surface area contributed by atoms with E-state index in [1.807, 2.05) is 19.1 Å². The molecule has 0 fully saturated rings. The molecular formula is C16H15F3N2O. The Labute approximate surface area is 126 Å². The predicted molar refractivity (Wildman–Crippen MR) is 80.0 cm³/mol. The van der Waals surface area contributed by atoms with Crippen molar-refractivity contribution in [3.05, 3.63) is 59.2 Å². The molecule has 0 bridgehead atoms. The standard InChI is InChI=1S/C16H15F3N2O/c1-10-7-8-11(2)14(9-10)21-15(22)20-13-6-4-3-5-12(13)16(17,18)19/h3-9H,1-2H3,(H2,20,21,22). The summed E-state index contributed by atoms with van der Waals surface area (Å²) in [6.45, 7) is 3.67. The highest BCUT2D eigenvalue weighted by Gasteiger charge is 2.33. The topological polar surface area (TPSA) is 41.1 Å². The fourth-order valence-corrected chi connectivity index (χ4v) is 1.99. The van der Waals surface area contributed by atoms with Gasteiger partial charge in [0.05, 0.1) is 11.3 Å². The molecular weight excluding hydrogens is 293 g/mol. The summed E-state index contributed by atoms with van der Waals surface area (Å²) in [5.41, 5.74) is 1.16. The minimum Gasteiger partial charge on any atom is -0.307 e. The number of urea groups is 1. The zero-order chi connectivity index (χ0) is 16.3. The molecule has 2 rings (SSSR count). The van der Waals surface area contributed by atoms with Crippen LogP contribution in [0, 0.1) is 13.8 Å². The van der Waals surface area contributed by atoms with Gasteiger partial charge < -0.3 is 10.6 Å². The highest BCUT2D eigenvalue weighted by molar-refractivity contribution is 6.00. The van der Waals surface area contributed by atoms with Gasteiger partial charge in [0.25, 0.3) is 0 Å². The second-order valence-electron chi connectivity index (χ2n) is 4.94. The molecule has 2 amide bonds. The van der Waals surface area contributed by atoms with Gasteiger partial charge in [0.1, 0.15) is 0 Å². The largest absolute Gasteiger partial charge is 0.418 e. The molecule has 0 aliphatic rings. The van der Waals surface area contributed by atoms with Crippen LogP contribution in [0.1, 0.15) is 16.7 Å². The van der Waals surface area contributed by atoms with Crippen molar-refractivity contribution in [1.29, 1.82) is 0 Å². The van der Waals surface area contributed by atoms with Crippen molar-refractivity contribution in [2.24, 2.45) is 0 Å². The number of benzene rings is 2. The molecule has 3 nitrogen and oxygen atoms in total. The van der Waals surface area contributed by atoms with Gasteiger partial charge >= 0.3 is 12.2 Å². The van der Waals surface area contributed by atoms with E-state index in [0.717, 1.165) is 17.2 Å². The van der Waals surface area contributed by atoms with E-state index in [9.17, 15) is 18.0 Å². The maximum Gasteiger partial charge on any atom is 0.418 e. The van der Waals surface area contributed by atoms with Crippen molar-refractivity contribution >= 4 is 17.4 Å². The molecule has 0 saturated carbocycles. The van der Waals surface area contributed by atoms with Crippen LogP contribution < -0.4 is 10.6 Å². The molecule has 2 aromatic carbocycles. The van der Waals surface area contributed by atoms with Gasteiger partial charge in [0.15, 0.2) is 0 Å². The fourth-order valence-electron chi connectivity index (χ4n) is 1.99. The summed E-state index contributed by atoms with van der Waals surface area (Å²) < 4.78 is 38.6. The van der Waals surface area contributed by atoms with Gasteiger partial charge in [-0.1, -0.05) is 24.3 Å². The number of halogens is 3. The summed E-state index contributed by atoms with van der Waals surface area (Å²) in [7, 11) is 0. The van der Waals surface area contributed by atoms with Crippen molar-refractivity contribution < 1.29 is 18.0 Å². The van der Waals surface area contributed by atoms with Gasteiger partial charge in [0, 0.05) is 5.69 Å². The number of nitrogens with one attached hydrogen (secondary N) is 2. The number of hydrogen-bond acceptors (Lipinski definition) is 1. The van der Waals surface area contributed by atoms with E-state index in [4.69, 9.17) is 0 Å². The highest BCUT2D eigenvalue weighted by atomic mass is 19.4. The first-order valence-corrected chi connectivity index (χ1v) is 6.59. The number of aryl methyl sites for hydroxylation is 2. The zero-order valence-corrected chi connectivity index (χ0v) is 12.1. The van der Waals surface area contributed by atoms with E-state index in [2.05, 4.69) is 10.6 Å². The van der Waals surface area contributed by atoms with E-state index in [-0.39, 0.29) is 5.69 Å². The van der Waals surface area contributed by atoms with Crippen LogP contribution in [0.4, 0.5) is 29.3 Å². The molecule has 2 aromatic rings. The van der Waals surface area contributed by atoms with Crippen molar-refractivity contribution in [2.75, 3.05) is 10.6 Å². The van der Waals surface area contributed by atoms with Crippen LogP contribution in [0.5, 0.6) is 0 Å². The lowest BCUT2D eigenvalue weighted by atomic mass is 10.1. The maximum atomic E-state index is 12.9. The molecule has 116 valence electrons. The molecule has 2 N–H and O–H groups in total. The lowest BCUT2D eigenvalue weighted by Crippen LogP contribution is -2.22. The summed E-state index contributed by atoms with van der Waals surface area (Å²) in [4.78, 5) is 11.9. The number of hydrogen-bond donors (Lipinski definition) is 2. The smallest absolute Gasteiger partial charge is 0.307 e. The number of carbonyl (C=O) groups excluding carboxylic acids is 1. The Bertz CT molecular complexity index is 696. The normalized spacial score (nSPS) is 11.1. The molecule has 0 unspecified atom stereocenters. The first kappa shape index (κ1) is 15.9. The first-order chi connectivity index (χ1) is 10.3. The SMILES string of the molecule is Cc1ccc(C)c(NC(=O)Nc2ccccc2C(F)(F)F)c1. The molecule has 22 heavy (non-hydrogen) atoms. The van der Waals surface area contributed by atoms with Crippen LogP contribution >= 0.6 is 0 Å². The average Bonchev–Trinajstić information content (AvgIpc) is 2.42. The summed E-state index contributed by atoms with van der Waals surface area (Å²) in [6, 6.07) is 9.60. The van der Waals surface area contributed by atoms with Crippen molar-refractivity contribution in [3.63, 3.8) is 0 Å². The molecule has 6 heteroatoms. The number of rotatable bonds is 2. The third-order valence-corrected chi connectivity index (χ3v) is 3.12. The van der Waals surface area contributed by atoms with E-state index >= 15 is 0 Å². The summed E-state index contributed by atoms with van der Waals surface area (Å²) in [6.07, 6.45) is -4.52. The van der Waals surface area contributed by atoms with Crippen molar-refractivity contribution in [2.45, 2.75) is 20.0 Å². The molecule has 0 aromatic heterocycles. The molecule has 0 aliphatic carbocycles. The molecule has 0 heterocycles. The number of anilines is 2. The van der Waals surface area contributed by atoms with Gasteiger partial charge in [-0.3, -0.25) is 0 Å². The van der Waals surface area contributed by atoms with Gasteiger partial charge in [-0.15, -0.1) is 0 Å². The monoisotopic (exact) mass is 308 g/mol. The summed E-state index contributed by atoms with van der Waals surface area (Å²) in [5, 5.41) is 4.80. The van der Waals surface area contributed by atoms with E-state index in [1.54, 1.807) is 13.0 Å². The van der Waals surface area contributed by atoms with Gasteiger partial charge in [0.2, 0.25) is 0 Å². The Hall–Kier alpha value is -2.50. The van der Waals surface area contributed by atoms with Gasteiger partial charge in [-0.05, 0) is 43.2 Å². The maximum absolute atomic E-state index is 12.9.